The van der Waals surface area contributed by atoms with Gasteiger partial charge in [-0.25, -0.2) is 4.98 Å². The average molecular weight is 243 g/mol. The third-order valence-corrected chi connectivity index (χ3v) is 1.63. The topological polar surface area (TPSA) is 57.8 Å². The van der Waals surface area contributed by atoms with E-state index in [1.54, 1.807) is 0 Å². The van der Waals surface area contributed by atoms with E-state index in [0.29, 0.717) is 0 Å². The van der Waals surface area contributed by atoms with E-state index < -0.39 is 24.6 Å². The molecule has 4 nitrogen and oxygen atoms in total. The van der Waals surface area contributed by atoms with Crippen molar-refractivity contribution < 1.29 is 26.7 Å². The van der Waals surface area contributed by atoms with E-state index >= 15 is 0 Å². The summed E-state index contributed by atoms with van der Waals surface area (Å²) in [5.74, 6) is -6.04. The fourth-order valence-corrected chi connectivity index (χ4v) is 0.767. The van der Waals surface area contributed by atoms with Gasteiger partial charge in [-0.1, -0.05) is 0 Å². The number of imidazole rings is 1. The first-order valence-electron chi connectivity index (χ1n) is 3.95. The van der Waals surface area contributed by atoms with Gasteiger partial charge in [0.05, 0.1) is 19.1 Å². The van der Waals surface area contributed by atoms with Gasteiger partial charge >= 0.3 is 12.1 Å². The van der Waals surface area contributed by atoms with Gasteiger partial charge in [-0.3, -0.25) is 4.79 Å². The highest BCUT2D eigenvalue weighted by Gasteiger charge is 2.57. The van der Waals surface area contributed by atoms with Crippen LogP contribution in [0.2, 0.25) is 0 Å². The Hall–Kier alpha value is -1.67. The molecule has 16 heavy (non-hydrogen) atoms. The Morgan fingerprint density at radius 2 is 2.00 bits per heavy atom. The first-order chi connectivity index (χ1) is 7.24. The van der Waals surface area contributed by atoms with Gasteiger partial charge in [0.2, 0.25) is 0 Å². The molecule has 1 aromatic heterocycles. The van der Waals surface area contributed by atoms with Crippen LogP contribution in [0, 0.1) is 0 Å². The summed E-state index contributed by atoms with van der Waals surface area (Å²) in [7, 11) is 0. The predicted octanol–water partition coefficient (Wildman–Crippen LogP) is 1.34. The standard InChI is InChI=1S/C7H6F5N3O/c8-6(9,7(10,11)12)2-14-5(16)4-1-13-3-15-4/h1,3H,2H2,(H,13,15)(H,14,16). The van der Waals surface area contributed by atoms with E-state index in [9.17, 15) is 26.7 Å². The van der Waals surface area contributed by atoms with Gasteiger partial charge in [0.15, 0.2) is 0 Å². The molecule has 1 aromatic rings. The van der Waals surface area contributed by atoms with Crippen molar-refractivity contribution in [2.45, 2.75) is 12.1 Å². The number of aromatic amines is 1. The molecule has 0 atom stereocenters. The summed E-state index contributed by atoms with van der Waals surface area (Å²) < 4.78 is 59.8. The number of rotatable bonds is 3. The molecule has 0 aliphatic heterocycles. The van der Waals surface area contributed by atoms with E-state index in [-0.39, 0.29) is 5.69 Å². The molecule has 0 radical (unpaired) electrons. The molecule has 0 unspecified atom stereocenters. The number of carbonyl (C=O) groups is 1. The molecule has 0 saturated heterocycles. The summed E-state index contributed by atoms with van der Waals surface area (Å²) in [6.45, 7) is -1.81. The Kier molecular flexibility index (Phi) is 3.15. The molecule has 9 heteroatoms. The smallest absolute Gasteiger partial charge is 0.344 e. The lowest BCUT2D eigenvalue weighted by atomic mass is 10.3. The van der Waals surface area contributed by atoms with Gasteiger partial charge in [-0.2, -0.15) is 22.0 Å². The maximum atomic E-state index is 12.4. The van der Waals surface area contributed by atoms with Crippen LogP contribution in [0.15, 0.2) is 12.5 Å². The van der Waals surface area contributed by atoms with Crippen LogP contribution in [-0.2, 0) is 0 Å². The molecule has 1 rings (SSSR count). The third-order valence-electron chi connectivity index (χ3n) is 1.63. The minimum Gasteiger partial charge on any atom is -0.344 e. The fourth-order valence-electron chi connectivity index (χ4n) is 0.767. The summed E-state index contributed by atoms with van der Waals surface area (Å²) >= 11 is 0. The summed E-state index contributed by atoms with van der Waals surface area (Å²) in [6.07, 6.45) is -3.59. The zero-order valence-electron chi connectivity index (χ0n) is 7.61. The number of hydrogen-bond acceptors (Lipinski definition) is 2. The molecule has 0 aliphatic rings. The molecular formula is C7H6F5N3O. The summed E-state index contributed by atoms with van der Waals surface area (Å²) in [4.78, 5) is 16.7. The number of hydrogen-bond donors (Lipinski definition) is 2. The molecule has 0 aliphatic carbocycles. The van der Waals surface area contributed by atoms with Gasteiger partial charge in [-0.05, 0) is 0 Å². The highest BCUT2D eigenvalue weighted by molar-refractivity contribution is 5.91. The van der Waals surface area contributed by atoms with Gasteiger partial charge in [0, 0.05) is 0 Å². The van der Waals surface area contributed by atoms with Gasteiger partial charge in [0.25, 0.3) is 5.91 Å². The van der Waals surface area contributed by atoms with Gasteiger partial charge < -0.3 is 10.3 Å². The zero-order valence-corrected chi connectivity index (χ0v) is 7.61. The molecular weight excluding hydrogens is 237 g/mol. The largest absolute Gasteiger partial charge is 0.455 e. The Balaban J connectivity index is 2.56. The summed E-state index contributed by atoms with van der Waals surface area (Å²) in [5.41, 5.74) is -0.196. The Morgan fingerprint density at radius 1 is 1.38 bits per heavy atom. The lowest BCUT2D eigenvalue weighted by molar-refractivity contribution is -0.278. The summed E-state index contributed by atoms with van der Waals surface area (Å²) in [5, 5.41) is 1.45. The molecule has 90 valence electrons. The van der Waals surface area contributed by atoms with E-state index in [4.69, 9.17) is 0 Å². The van der Waals surface area contributed by atoms with Gasteiger partial charge in [0.1, 0.15) is 5.69 Å². The normalized spacial score (nSPS) is 12.6. The van der Waals surface area contributed by atoms with Crippen molar-refractivity contribution in [3.8, 4) is 0 Å². The molecule has 2 N–H and O–H groups in total. The van der Waals surface area contributed by atoms with Crippen LogP contribution in [0.1, 0.15) is 10.5 Å². The van der Waals surface area contributed by atoms with Crippen molar-refractivity contribution in [1.29, 1.82) is 0 Å². The number of nitrogens with one attached hydrogen (secondary N) is 2. The van der Waals surface area contributed by atoms with Crippen molar-refractivity contribution in [2.24, 2.45) is 0 Å². The third kappa shape index (κ3) is 2.67. The second-order valence-electron chi connectivity index (χ2n) is 2.85. The molecule has 1 heterocycles. The molecule has 0 fully saturated rings. The highest BCUT2D eigenvalue weighted by atomic mass is 19.4. The summed E-state index contributed by atoms with van der Waals surface area (Å²) in [6, 6.07) is 0. The number of alkyl halides is 5. The van der Waals surface area contributed by atoms with Crippen LogP contribution < -0.4 is 5.32 Å². The number of H-pyrrole nitrogens is 1. The predicted molar refractivity (Wildman–Crippen MR) is 41.9 cm³/mol. The highest BCUT2D eigenvalue weighted by Crippen LogP contribution is 2.34. The van der Waals surface area contributed by atoms with E-state index in [1.807, 2.05) is 0 Å². The van der Waals surface area contributed by atoms with Crippen LogP contribution in [0.5, 0.6) is 0 Å². The molecule has 0 saturated carbocycles. The van der Waals surface area contributed by atoms with Crippen LogP contribution in [-0.4, -0.2) is 34.5 Å². The lowest BCUT2D eigenvalue weighted by Crippen LogP contribution is -2.46. The van der Waals surface area contributed by atoms with Crippen LogP contribution >= 0.6 is 0 Å². The first-order valence-corrected chi connectivity index (χ1v) is 3.95. The minimum atomic E-state index is -5.69. The molecule has 0 spiro atoms. The van der Waals surface area contributed by atoms with Gasteiger partial charge in [-0.15, -0.1) is 0 Å². The lowest BCUT2D eigenvalue weighted by Gasteiger charge is -2.19. The number of halogens is 5. The zero-order chi connectivity index (χ0) is 12.4. The van der Waals surface area contributed by atoms with Crippen molar-refractivity contribution in [3.63, 3.8) is 0 Å². The second-order valence-corrected chi connectivity index (χ2v) is 2.85. The fraction of sp³-hybridized carbons (Fsp3) is 0.429. The van der Waals surface area contributed by atoms with Crippen LogP contribution in [0.25, 0.3) is 0 Å². The van der Waals surface area contributed by atoms with Crippen molar-refractivity contribution in [1.82, 2.24) is 15.3 Å². The minimum absolute atomic E-state index is 0.196. The number of aromatic nitrogens is 2. The Labute approximate surface area is 85.9 Å². The molecule has 0 bridgehead atoms. The van der Waals surface area contributed by atoms with E-state index in [0.717, 1.165) is 12.5 Å². The maximum absolute atomic E-state index is 12.4. The van der Waals surface area contributed by atoms with Crippen LogP contribution in [0.3, 0.4) is 0 Å². The SMILES string of the molecule is O=C(NCC(F)(F)C(F)(F)F)c1cnc[nH]1. The van der Waals surface area contributed by atoms with Crippen molar-refractivity contribution >= 4 is 5.91 Å². The molecule has 0 aromatic carbocycles. The first kappa shape index (κ1) is 12.4. The van der Waals surface area contributed by atoms with Crippen molar-refractivity contribution in [3.05, 3.63) is 18.2 Å². The number of nitrogens with zero attached hydrogens (tertiary/aromatic N) is 1. The Morgan fingerprint density at radius 3 is 2.44 bits per heavy atom. The average Bonchev–Trinajstić information content (AvgIpc) is 2.65. The van der Waals surface area contributed by atoms with Crippen LogP contribution in [0.4, 0.5) is 22.0 Å². The van der Waals surface area contributed by atoms with Crippen molar-refractivity contribution in [2.75, 3.05) is 6.54 Å². The Bertz CT molecular complexity index is 359. The van der Waals surface area contributed by atoms with E-state index in [1.165, 1.54) is 5.32 Å². The van der Waals surface area contributed by atoms with E-state index in [2.05, 4.69) is 9.97 Å². The number of amides is 1. The molecule has 1 amide bonds. The maximum Gasteiger partial charge on any atom is 0.455 e. The monoisotopic (exact) mass is 243 g/mol. The number of carbonyl (C=O) groups excluding carboxylic acids is 1. The second kappa shape index (κ2) is 4.06. The quantitative estimate of drug-likeness (QED) is 0.787.